The van der Waals surface area contributed by atoms with E-state index in [1.807, 2.05) is 17.5 Å². The van der Waals surface area contributed by atoms with Crippen LogP contribution in [0.4, 0.5) is 18.9 Å². The third kappa shape index (κ3) is 4.53. The van der Waals surface area contributed by atoms with E-state index < -0.39 is 35.4 Å². The maximum atomic E-state index is 13.0. The Bertz CT molecular complexity index is 1390. The van der Waals surface area contributed by atoms with Gasteiger partial charge in [-0.25, -0.2) is 4.79 Å². The van der Waals surface area contributed by atoms with Crippen LogP contribution in [0.15, 0.2) is 62.8 Å². The van der Waals surface area contributed by atoms with Crippen molar-refractivity contribution in [1.82, 2.24) is 9.13 Å². The molecule has 6 nitrogen and oxygen atoms in total. The van der Waals surface area contributed by atoms with E-state index in [4.69, 9.17) is 0 Å². The molecule has 0 spiro atoms. The molecule has 0 bridgehead atoms. The number of anilines is 1. The Hall–Kier alpha value is -3.18. The van der Waals surface area contributed by atoms with Gasteiger partial charge in [-0.1, -0.05) is 12.1 Å². The van der Waals surface area contributed by atoms with Crippen molar-refractivity contribution in [2.75, 3.05) is 5.32 Å². The molecule has 11 heteroatoms. The molecule has 0 saturated carbocycles. The fraction of sp³-hybridized carbons (Fsp3) is 0.190. The molecule has 3 aromatic heterocycles. The number of carbonyl (C=O) groups is 1. The van der Waals surface area contributed by atoms with Crippen LogP contribution in [0, 0.1) is 0 Å². The standard InChI is InChI=1S/C21H16F3N3O3S2/c22-21(23,24)13-3-1-4-14(11-13)25-17(28)12-27-16-7-10-32-18(16)19(29)26(20(27)30)8-6-15-5-2-9-31-15/h1-5,7,9-11H,6,8,12H2,(H,25,28). The number of rotatable bonds is 6. The number of hydrogen-bond donors (Lipinski definition) is 1. The molecule has 0 saturated heterocycles. The van der Waals surface area contributed by atoms with Crippen molar-refractivity contribution in [3.8, 4) is 0 Å². The molecule has 0 atom stereocenters. The summed E-state index contributed by atoms with van der Waals surface area (Å²) in [5.41, 5.74) is -1.68. The average Bonchev–Trinajstić information content (AvgIpc) is 3.43. The number of nitrogens with zero attached hydrogens (tertiary/aromatic N) is 2. The number of carbonyl (C=O) groups excluding carboxylic acids is 1. The molecule has 0 aliphatic carbocycles. The summed E-state index contributed by atoms with van der Waals surface area (Å²) in [6.45, 7) is -0.289. The summed E-state index contributed by atoms with van der Waals surface area (Å²) in [6, 6.07) is 9.60. The molecule has 166 valence electrons. The number of hydrogen-bond acceptors (Lipinski definition) is 5. The van der Waals surface area contributed by atoms with Gasteiger partial charge >= 0.3 is 11.9 Å². The number of thiophene rings is 2. The zero-order valence-corrected chi connectivity index (χ0v) is 18.0. The van der Waals surface area contributed by atoms with Crippen molar-refractivity contribution in [3.05, 3.63) is 84.5 Å². The normalized spacial score (nSPS) is 11.7. The largest absolute Gasteiger partial charge is 0.416 e. The smallest absolute Gasteiger partial charge is 0.325 e. The fourth-order valence-electron chi connectivity index (χ4n) is 3.28. The van der Waals surface area contributed by atoms with Crippen LogP contribution in [0.3, 0.4) is 0 Å². The van der Waals surface area contributed by atoms with Crippen molar-refractivity contribution in [1.29, 1.82) is 0 Å². The van der Waals surface area contributed by atoms with Crippen LogP contribution in [0.5, 0.6) is 0 Å². The SMILES string of the molecule is O=C(Cn1c(=O)n(CCc2cccs2)c(=O)c2sccc21)Nc1cccc(C(F)(F)F)c1. The Kier molecular flexibility index (Phi) is 6.02. The Labute approximate surface area is 187 Å². The van der Waals surface area contributed by atoms with Crippen LogP contribution >= 0.6 is 22.7 Å². The molecule has 32 heavy (non-hydrogen) atoms. The first-order chi connectivity index (χ1) is 15.2. The molecule has 0 aliphatic heterocycles. The highest BCUT2D eigenvalue weighted by Crippen LogP contribution is 2.30. The molecule has 4 rings (SSSR count). The van der Waals surface area contributed by atoms with Crippen LogP contribution in [-0.4, -0.2) is 15.0 Å². The second-order valence-corrected chi connectivity index (χ2v) is 8.86. The van der Waals surface area contributed by atoms with Gasteiger partial charge in [-0.2, -0.15) is 13.2 Å². The first-order valence-corrected chi connectivity index (χ1v) is 11.2. The molecule has 0 fully saturated rings. The summed E-state index contributed by atoms with van der Waals surface area (Å²) in [7, 11) is 0. The van der Waals surface area contributed by atoms with Gasteiger partial charge in [0, 0.05) is 17.1 Å². The Morgan fingerprint density at radius 2 is 1.81 bits per heavy atom. The van der Waals surface area contributed by atoms with Crippen LogP contribution in [0.1, 0.15) is 10.4 Å². The minimum Gasteiger partial charge on any atom is -0.325 e. The van der Waals surface area contributed by atoms with Gasteiger partial charge in [-0.15, -0.1) is 22.7 Å². The van der Waals surface area contributed by atoms with Crippen LogP contribution in [-0.2, 0) is 30.5 Å². The highest BCUT2D eigenvalue weighted by Gasteiger charge is 2.30. The van der Waals surface area contributed by atoms with E-state index in [2.05, 4.69) is 5.32 Å². The molecule has 4 aromatic rings. The van der Waals surface area contributed by atoms with Gasteiger partial charge < -0.3 is 5.32 Å². The van der Waals surface area contributed by atoms with Crippen molar-refractivity contribution in [2.45, 2.75) is 25.7 Å². The number of aromatic nitrogens is 2. The summed E-state index contributed by atoms with van der Waals surface area (Å²) < 4.78 is 41.3. The number of halogens is 3. The highest BCUT2D eigenvalue weighted by atomic mass is 32.1. The zero-order chi connectivity index (χ0) is 22.9. The summed E-state index contributed by atoms with van der Waals surface area (Å²) in [5.74, 6) is -0.678. The first kappa shape index (κ1) is 22.0. The van der Waals surface area contributed by atoms with Crippen molar-refractivity contribution in [2.24, 2.45) is 0 Å². The molecule has 0 unspecified atom stereocenters. The van der Waals surface area contributed by atoms with Gasteiger partial charge in [-0.05, 0) is 47.5 Å². The number of benzene rings is 1. The van der Waals surface area contributed by atoms with E-state index in [0.717, 1.165) is 32.9 Å². The van der Waals surface area contributed by atoms with E-state index >= 15 is 0 Å². The number of nitrogens with one attached hydrogen (secondary N) is 1. The number of aryl methyl sites for hydroxylation is 1. The molecule has 0 aliphatic rings. The monoisotopic (exact) mass is 479 g/mol. The Morgan fingerprint density at radius 3 is 2.53 bits per heavy atom. The average molecular weight is 480 g/mol. The van der Waals surface area contributed by atoms with E-state index in [-0.39, 0.29) is 12.2 Å². The van der Waals surface area contributed by atoms with Crippen molar-refractivity contribution in [3.63, 3.8) is 0 Å². The molecule has 3 heterocycles. The lowest BCUT2D eigenvalue weighted by Gasteiger charge is -2.13. The maximum Gasteiger partial charge on any atom is 0.416 e. The minimum absolute atomic E-state index is 0.0366. The fourth-order valence-corrected chi connectivity index (χ4v) is 4.82. The van der Waals surface area contributed by atoms with E-state index in [9.17, 15) is 27.6 Å². The zero-order valence-electron chi connectivity index (χ0n) is 16.4. The highest BCUT2D eigenvalue weighted by molar-refractivity contribution is 7.17. The number of alkyl halides is 3. The number of amides is 1. The Balaban J connectivity index is 1.62. The summed E-state index contributed by atoms with van der Waals surface area (Å²) in [6.07, 6.45) is -4.06. The van der Waals surface area contributed by atoms with Gasteiger partial charge in [0.2, 0.25) is 5.91 Å². The van der Waals surface area contributed by atoms with Crippen molar-refractivity contribution < 1.29 is 18.0 Å². The first-order valence-electron chi connectivity index (χ1n) is 9.44. The Morgan fingerprint density at radius 1 is 1.00 bits per heavy atom. The van der Waals surface area contributed by atoms with Gasteiger partial charge in [0.05, 0.1) is 11.1 Å². The van der Waals surface area contributed by atoms with Gasteiger partial charge in [-0.3, -0.25) is 18.7 Å². The van der Waals surface area contributed by atoms with Gasteiger partial charge in [0.15, 0.2) is 0 Å². The van der Waals surface area contributed by atoms with E-state index in [1.54, 1.807) is 11.4 Å². The second kappa shape index (κ2) is 8.75. The van der Waals surface area contributed by atoms with Crippen LogP contribution in [0.2, 0.25) is 0 Å². The topological polar surface area (TPSA) is 73.1 Å². The second-order valence-electron chi connectivity index (χ2n) is 6.92. The molecular formula is C21H16F3N3O3S2. The lowest BCUT2D eigenvalue weighted by Crippen LogP contribution is -2.41. The lowest BCUT2D eigenvalue weighted by atomic mass is 10.2. The van der Waals surface area contributed by atoms with Crippen molar-refractivity contribution >= 4 is 44.5 Å². The quantitative estimate of drug-likeness (QED) is 0.451. The maximum absolute atomic E-state index is 13.0. The van der Waals surface area contributed by atoms with Gasteiger partial charge in [0.25, 0.3) is 5.56 Å². The van der Waals surface area contributed by atoms with Gasteiger partial charge in [0.1, 0.15) is 11.2 Å². The van der Waals surface area contributed by atoms with E-state index in [1.165, 1.54) is 28.0 Å². The molecule has 1 amide bonds. The predicted molar refractivity (Wildman–Crippen MR) is 118 cm³/mol. The third-order valence-electron chi connectivity index (χ3n) is 4.77. The van der Waals surface area contributed by atoms with E-state index in [0.29, 0.717) is 16.6 Å². The lowest BCUT2D eigenvalue weighted by molar-refractivity contribution is -0.137. The summed E-state index contributed by atoms with van der Waals surface area (Å²) in [4.78, 5) is 39.4. The van der Waals surface area contributed by atoms with Crippen LogP contribution in [0.25, 0.3) is 10.2 Å². The molecule has 1 N–H and O–H groups in total. The molecule has 0 radical (unpaired) electrons. The summed E-state index contributed by atoms with van der Waals surface area (Å²) in [5, 5.41) is 5.94. The third-order valence-corrected chi connectivity index (χ3v) is 6.60. The molecular weight excluding hydrogens is 463 g/mol. The molecule has 1 aromatic carbocycles. The number of fused-ring (bicyclic) bond motifs is 1. The van der Waals surface area contributed by atoms with Crippen LogP contribution < -0.4 is 16.6 Å². The summed E-state index contributed by atoms with van der Waals surface area (Å²) >= 11 is 2.68. The predicted octanol–water partition coefficient (Wildman–Crippen LogP) is 4.19. The minimum atomic E-state index is -4.54.